The molecular formula is C13H15N3O4. The molecule has 0 radical (unpaired) electrons. The van der Waals surface area contributed by atoms with E-state index in [0.717, 1.165) is 6.42 Å². The smallest absolute Gasteiger partial charge is 0.240 e. The number of hydrogen-bond donors (Lipinski definition) is 1. The predicted molar refractivity (Wildman–Crippen MR) is 69.8 cm³/mol. The summed E-state index contributed by atoms with van der Waals surface area (Å²) in [5.74, 6) is 2.55. The lowest BCUT2D eigenvalue weighted by atomic mass is 10.1. The topological polar surface area (TPSA) is 92.6 Å². The molecule has 0 fully saturated rings. The van der Waals surface area contributed by atoms with Gasteiger partial charge in [0.15, 0.2) is 11.5 Å². The summed E-state index contributed by atoms with van der Waals surface area (Å²) in [6, 6.07) is 3.63. The van der Waals surface area contributed by atoms with Crippen LogP contribution in [0.25, 0.3) is 11.4 Å². The van der Waals surface area contributed by atoms with Gasteiger partial charge in [-0.2, -0.15) is 4.98 Å². The largest absolute Gasteiger partial charge is 0.492 e. The first kappa shape index (κ1) is 12.7. The first-order valence-electron chi connectivity index (χ1n) is 6.33. The van der Waals surface area contributed by atoms with Gasteiger partial charge in [0.05, 0.1) is 32.4 Å². The number of ether oxygens (including phenoxy) is 3. The molecule has 0 bridgehead atoms. The molecule has 7 heteroatoms. The van der Waals surface area contributed by atoms with Gasteiger partial charge in [-0.05, 0) is 12.1 Å². The van der Waals surface area contributed by atoms with Gasteiger partial charge in [0, 0.05) is 6.42 Å². The highest BCUT2D eigenvalue weighted by Crippen LogP contribution is 2.44. The Morgan fingerprint density at radius 3 is 2.90 bits per heavy atom. The van der Waals surface area contributed by atoms with Gasteiger partial charge in [-0.1, -0.05) is 5.16 Å². The number of aromatic nitrogens is 2. The van der Waals surface area contributed by atoms with Crippen molar-refractivity contribution in [1.29, 1.82) is 0 Å². The number of nitrogens with zero attached hydrogens (tertiary/aromatic N) is 2. The number of nitrogens with two attached hydrogens (primary N) is 1. The summed E-state index contributed by atoms with van der Waals surface area (Å²) in [5, 5.41) is 3.90. The van der Waals surface area contributed by atoms with Crippen LogP contribution < -0.4 is 19.9 Å². The fourth-order valence-corrected chi connectivity index (χ4v) is 2.04. The lowest BCUT2D eigenvalue weighted by molar-refractivity contribution is 0.289. The highest BCUT2D eigenvalue weighted by Gasteiger charge is 2.22. The normalized spacial score (nSPS) is 13.9. The van der Waals surface area contributed by atoms with Crippen LogP contribution in [0.3, 0.4) is 0 Å². The minimum absolute atomic E-state index is 0.194. The van der Waals surface area contributed by atoms with Crippen molar-refractivity contribution in [3.63, 3.8) is 0 Å². The Kier molecular flexibility index (Phi) is 3.42. The molecule has 20 heavy (non-hydrogen) atoms. The summed E-state index contributed by atoms with van der Waals surface area (Å²) in [4.78, 5) is 4.20. The average molecular weight is 277 g/mol. The summed E-state index contributed by atoms with van der Waals surface area (Å²) >= 11 is 0. The quantitative estimate of drug-likeness (QED) is 0.905. The Balaban J connectivity index is 2.09. The van der Waals surface area contributed by atoms with Gasteiger partial charge in [-0.15, -0.1) is 0 Å². The lowest BCUT2D eigenvalue weighted by Gasteiger charge is -2.13. The molecule has 0 amide bonds. The summed E-state index contributed by atoms with van der Waals surface area (Å²) in [7, 11) is 1.57. The van der Waals surface area contributed by atoms with Crippen LogP contribution in [-0.4, -0.2) is 30.5 Å². The highest BCUT2D eigenvalue weighted by atomic mass is 16.5. The van der Waals surface area contributed by atoms with Crippen LogP contribution in [0, 0.1) is 0 Å². The van der Waals surface area contributed by atoms with E-state index in [1.165, 1.54) is 0 Å². The molecule has 1 aliphatic rings. The van der Waals surface area contributed by atoms with Crippen LogP contribution in [0.5, 0.6) is 17.2 Å². The van der Waals surface area contributed by atoms with Crippen LogP contribution in [-0.2, 0) is 6.54 Å². The van der Waals surface area contributed by atoms with E-state index in [4.69, 9.17) is 24.5 Å². The maximum atomic E-state index is 5.70. The Labute approximate surface area is 115 Å². The number of benzene rings is 1. The zero-order chi connectivity index (χ0) is 13.9. The van der Waals surface area contributed by atoms with Gasteiger partial charge in [-0.25, -0.2) is 0 Å². The summed E-state index contributed by atoms with van der Waals surface area (Å²) < 4.78 is 21.8. The Hall–Kier alpha value is -2.28. The molecule has 3 rings (SSSR count). The third kappa shape index (κ3) is 2.16. The van der Waals surface area contributed by atoms with Crippen molar-refractivity contribution in [3.8, 4) is 28.6 Å². The molecular weight excluding hydrogens is 262 g/mol. The van der Waals surface area contributed by atoms with Crippen LogP contribution in [0.4, 0.5) is 0 Å². The van der Waals surface area contributed by atoms with E-state index in [9.17, 15) is 0 Å². The monoisotopic (exact) mass is 277 g/mol. The van der Waals surface area contributed by atoms with E-state index >= 15 is 0 Å². The maximum absolute atomic E-state index is 5.70. The molecule has 0 saturated carbocycles. The fraction of sp³-hybridized carbons (Fsp3) is 0.385. The second kappa shape index (κ2) is 5.38. The second-order valence-electron chi connectivity index (χ2n) is 4.24. The molecule has 0 spiro atoms. The zero-order valence-corrected chi connectivity index (χ0v) is 11.1. The Bertz CT molecular complexity index is 612. The Morgan fingerprint density at radius 1 is 1.30 bits per heavy atom. The maximum Gasteiger partial charge on any atom is 0.240 e. The van der Waals surface area contributed by atoms with Crippen molar-refractivity contribution in [1.82, 2.24) is 10.1 Å². The SMILES string of the molecule is COc1c(-c2noc(CN)n2)ccc2c1OCCCO2. The van der Waals surface area contributed by atoms with Crippen molar-refractivity contribution < 1.29 is 18.7 Å². The number of fused-ring (bicyclic) bond motifs is 1. The molecule has 2 heterocycles. The van der Waals surface area contributed by atoms with Crippen molar-refractivity contribution in [2.45, 2.75) is 13.0 Å². The molecule has 106 valence electrons. The van der Waals surface area contributed by atoms with Crippen molar-refractivity contribution in [2.24, 2.45) is 5.73 Å². The van der Waals surface area contributed by atoms with Crippen molar-refractivity contribution in [2.75, 3.05) is 20.3 Å². The van der Waals surface area contributed by atoms with Gasteiger partial charge in [0.25, 0.3) is 0 Å². The van der Waals surface area contributed by atoms with Gasteiger partial charge in [0.2, 0.25) is 17.5 Å². The molecule has 2 N–H and O–H groups in total. The molecule has 1 aromatic carbocycles. The van der Waals surface area contributed by atoms with E-state index in [2.05, 4.69) is 10.1 Å². The third-order valence-corrected chi connectivity index (χ3v) is 2.96. The van der Waals surface area contributed by atoms with E-state index in [-0.39, 0.29) is 6.54 Å². The molecule has 2 aromatic rings. The lowest BCUT2D eigenvalue weighted by Crippen LogP contribution is -1.99. The number of methoxy groups -OCH3 is 1. The van der Waals surface area contributed by atoms with Crippen molar-refractivity contribution >= 4 is 0 Å². The molecule has 0 aliphatic carbocycles. The molecule has 1 aromatic heterocycles. The van der Waals surface area contributed by atoms with Crippen LogP contribution >= 0.6 is 0 Å². The van der Waals surface area contributed by atoms with Gasteiger partial charge >= 0.3 is 0 Å². The molecule has 1 aliphatic heterocycles. The first-order chi connectivity index (χ1) is 9.83. The summed E-state index contributed by atoms with van der Waals surface area (Å²) in [5.41, 5.74) is 6.15. The standard InChI is InChI=1S/C13H15N3O4/c1-17-11-8(13-15-10(7-14)20-16-13)3-4-9-12(11)19-6-2-5-18-9/h3-4H,2,5-7,14H2,1H3. The second-order valence-corrected chi connectivity index (χ2v) is 4.24. The summed E-state index contributed by atoms with van der Waals surface area (Å²) in [6.45, 7) is 1.39. The van der Waals surface area contributed by atoms with Crippen LogP contribution in [0.1, 0.15) is 12.3 Å². The van der Waals surface area contributed by atoms with Crippen molar-refractivity contribution in [3.05, 3.63) is 18.0 Å². The Morgan fingerprint density at radius 2 is 2.15 bits per heavy atom. The van der Waals surface area contributed by atoms with E-state index in [1.807, 2.05) is 12.1 Å². The first-order valence-corrected chi connectivity index (χ1v) is 6.33. The van der Waals surface area contributed by atoms with Gasteiger partial charge in [0.1, 0.15) is 0 Å². The minimum atomic E-state index is 0.194. The van der Waals surface area contributed by atoms with Crippen LogP contribution in [0.15, 0.2) is 16.7 Å². The minimum Gasteiger partial charge on any atom is -0.492 e. The van der Waals surface area contributed by atoms with Crippen LogP contribution in [0.2, 0.25) is 0 Å². The predicted octanol–water partition coefficient (Wildman–Crippen LogP) is 1.37. The van der Waals surface area contributed by atoms with Gasteiger partial charge < -0.3 is 24.5 Å². The van der Waals surface area contributed by atoms with E-state index in [1.54, 1.807) is 7.11 Å². The number of hydrogen-bond acceptors (Lipinski definition) is 7. The average Bonchev–Trinajstić information content (AvgIpc) is 2.83. The molecule has 0 unspecified atom stereocenters. The fourth-order valence-electron chi connectivity index (χ4n) is 2.04. The van der Waals surface area contributed by atoms with E-state index in [0.29, 0.717) is 47.7 Å². The van der Waals surface area contributed by atoms with E-state index < -0.39 is 0 Å². The number of rotatable bonds is 3. The molecule has 0 atom stereocenters. The molecule has 7 nitrogen and oxygen atoms in total. The third-order valence-electron chi connectivity index (χ3n) is 2.96. The molecule has 0 saturated heterocycles. The summed E-state index contributed by atoms with van der Waals surface area (Å²) in [6.07, 6.45) is 0.826. The van der Waals surface area contributed by atoms with Gasteiger partial charge in [-0.3, -0.25) is 0 Å². The highest BCUT2D eigenvalue weighted by molar-refractivity contribution is 5.72. The zero-order valence-electron chi connectivity index (χ0n) is 11.1.